The Morgan fingerprint density at radius 1 is 1.17 bits per heavy atom. The molecule has 3 rings (SSSR count). The first-order chi connectivity index (χ1) is 14.1. The Morgan fingerprint density at radius 2 is 1.83 bits per heavy atom. The van der Waals surface area contributed by atoms with E-state index in [-0.39, 0.29) is 39.5 Å². The monoisotopic (exact) mass is 413 g/mol. The smallest absolute Gasteiger partial charge is 0.194 e. The van der Waals surface area contributed by atoms with E-state index in [2.05, 4.69) is 12.2 Å². The first kappa shape index (κ1) is 21.6. The Labute approximate surface area is 175 Å². The minimum atomic E-state index is -1.47. The molecule has 3 N–H and O–H groups in total. The quantitative estimate of drug-likeness (QED) is 0.284. The van der Waals surface area contributed by atoms with Gasteiger partial charge < -0.3 is 20.3 Å². The predicted octanol–water partition coefficient (Wildman–Crippen LogP) is 3.35. The van der Waals surface area contributed by atoms with Crippen LogP contribution in [0.4, 0.5) is 0 Å². The van der Waals surface area contributed by atoms with Gasteiger partial charge in [0, 0.05) is 23.9 Å². The van der Waals surface area contributed by atoms with Crippen LogP contribution < -0.4 is 10.1 Å². The van der Waals surface area contributed by atoms with Crippen molar-refractivity contribution in [3.05, 3.63) is 39.8 Å². The topological polar surface area (TPSA) is 113 Å². The zero-order chi connectivity index (χ0) is 22.4. The maximum absolute atomic E-state index is 13.6. The van der Waals surface area contributed by atoms with Crippen molar-refractivity contribution in [1.29, 1.82) is 0 Å². The summed E-state index contributed by atoms with van der Waals surface area (Å²) in [6.45, 7) is 8.68. The Hall–Kier alpha value is -3.09. The van der Waals surface area contributed by atoms with Crippen LogP contribution in [-0.4, -0.2) is 34.1 Å². The third-order valence-electron chi connectivity index (χ3n) is 5.93. The van der Waals surface area contributed by atoms with Gasteiger partial charge in [-0.05, 0) is 34.1 Å². The van der Waals surface area contributed by atoms with Crippen LogP contribution in [-0.2, 0) is 15.0 Å². The number of allylic oxidation sites excluding steroid dienone is 4. The van der Waals surface area contributed by atoms with Gasteiger partial charge in [-0.15, -0.1) is 0 Å². The molecule has 7 heteroatoms. The van der Waals surface area contributed by atoms with Crippen molar-refractivity contribution in [2.75, 3.05) is 6.54 Å². The average molecular weight is 413 g/mol. The average Bonchev–Trinajstić information content (AvgIpc) is 2.96. The first-order valence-electron chi connectivity index (χ1n) is 10.1. The largest absolute Gasteiger partial charge is 0.507 e. The third kappa shape index (κ3) is 3.00. The Kier molecular flexibility index (Phi) is 5.50. The molecule has 7 nitrogen and oxygen atoms in total. The summed E-state index contributed by atoms with van der Waals surface area (Å²) < 4.78 is 5.74. The van der Waals surface area contributed by atoms with Gasteiger partial charge in [0.05, 0.1) is 11.1 Å². The molecular weight excluding hydrogens is 386 g/mol. The Morgan fingerprint density at radius 3 is 2.43 bits per heavy atom. The van der Waals surface area contributed by atoms with Crippen LogP contribution in [0.2, 0.25) is 0 Å². The van der Waals surface area contributed by atoms with Crippen molar-refractivity contribution in [2.45, 2.75) is 59.3 Å². The van der Waals surface area contributed by atoms with Gasteiger partial charge in [-0.2, -0.15) is 0 Å². The Bertz CT molecular complexity index is 1030. The number of carbonyl (C=O) groups is 3. The zero-order valence-corrected chi connectivity index (χ0v) is 17.9. The van der Waals surface area contributed by atoms with E-state index in [1.54, 1.807) is 13.8 Å². The number of rotatable bonds is 6. The lowest BCUT2D eigenvalue weighted by Crippen LogP contribution is -2.41. The molecule has 1 aromatic carbocycles. The summed E-state index contributed by atoms with van der Waals surface area (Å²) in [7, 11) is 0. The molecule has 1 atom stereocenters. The van der Waals surface area contributed by atoms with Crippen LogP contribution in [0.15, 0.2) is 23.1 Å². The molecule has 0 spiro atoms. The number of benzene rings is 1. The maximum Gasteiger partial charge on any atom is 0.194 e. The van der Waals surface area contributed by atoms with Crippen LogP contribution >= 0.6 is 0 Å². The third-order valence-corrected chi connectivity index (χ3v) is 5.93. The summed E-state index contributed by atoms with van der Waals surface area (Å²) in [5.41, 5.74) is -0.941. The number of carbonyl (C=O) groups excluding carboxylic acids is 3. The summed E-state index contributed by atoms with van der Waals surface area (Å²) in [6.07, 6.45) is 4.22. The number of ether oxygens (including phenoxy) is 1. The van der Waals surface area contributed by atoms with E-state index in [0.29, 0.717) is 12.2 Å². The number of hydrogen-bond donors (Lipinski definition) is 3. The number of Topliss-reactive ketones (excluding diaryl/α,β-unsaturated/α-hetero) is 2. The summed E-state index contributed by atoms with van der Waals surface area (Å²) >= 11 is 0. The van der Waals surface area contributed by atoms with Gasteiger partial charge in [0.1, 0.15) is 34.0 Å². The van der Waals surface area contributed by atoms with Gasteiger partial charge in [-0.25, -0.2) is 0 Å². The van der Waals surface area contributed by atoms with Crippen molar-refractivity contribution < 1.29 is 29.3 Å². The van der Waals surface area contributed by atoms with Gasteiger partial charge in [0.2, 0.25) is 0 Å². The molecule has 30 heavy (non-hydrogen) atoms. The maximum atomic E-state index is 13.6. The van der Waals surface area contributed by atoms with Gasteiger partial charge in [-0.3, -0.25) is 14.4 Å². The van der Waals surface area contributed by atoms with E-state index in [4.69, 9.17) is 4.74 Å². The number of ketones is 3. The zero-order valence-electron chi connectivity index (χ0n) is 17.9. The van der Waals surface area contributed by atoms with Crippen LogP contribution in [0.1, 0.15) is 68.4 Å². The van der Waals surface area contributed by atoms with Gasteiger partial charge in [0.15, 0.2) is 17.3 Å². The lowest BCUT2D eigenvalue weighted by Gasteiger charge is -2.29. The van der Waals surface area contributed by atoms with Gasteiger partial charge in [0.25, 0.3) is 0 Å². The normalized spacial score (nSPS) is 21.6. The minimum Gasteiger partial charge on any atom is -0.507 e. The standard InChI is InChI=1S/C23H27NO6/c1-6-7-8-9-24-12(3)16-14(26)10-15-23(5,22(16)29)18-20(28)11(2)19(27)17(13(4)25)21(18)30-15/h10,24,27-28H,6-9H2,1-5H3/b16-12+. The molecule has 1 aliphatic heterocycles. The molecule has 160 valence electrons. The fourth-order valence-electron chi connectivity index (χ4n) is 4.10. The molecule has 1 aliphatic carbocycles. The van der Waals surface area contributed by atoms with E-state index in [1.807, 2.05) is 0 Å². The molecule has 0 saturated carbocycles. The predicted molar refractivity (Wildman–Crippen MR) is 111 cm³/mol. The van der Waals surface area contributed by atoms with Crippen molar-refractivity contribution in [3.8, 4) is 17.2 Å². The highest BCUT2D eigenvalue weighted by atomic mass is 16.5. The number of aromatic hydroxyl groups is 2. The highest BCUT2D eigenvalue weighted by Crippen LogP contribution is 2.57. The highest BCUT2D eigenvalue weighted by molar-refractivity contribution is 6.31. The van der Waals surface area contributed by atoms with Gasteiger partial charge in [-0.1, -0.05) is 19.8 Å². The second-order valence-electron chi connectivity index (χ2n) is 8.02. The number of nitrogens with one attached hydrogen (secondary N) is 1. The molecule has 0 fully saturated rings. The summed E-state index contributed by atoms with van der Waals surface area (Å²) in [5, 5.41) is 24.3. The van der Waals surface area contributed by atoms with Crippen molar-refractivity contribution in [1.82, 2.24) is 5.32 Å². The summed E-state index contributed by atoms with van der Waals surface area (Å²) in [6, 6.07) is 0. The van der Waals surface area contributed by atoms with E-state index in [9.17, 15) is 24.6 Å². The van der Waals surface area contributed by atoms with Gasteiger partial charge >= 0.3 is 0 Å². The number of hydrogen-bond acceptors (Lipinski definition) is 7. The van der Waals surface area contributed by atoms with Crippen molar-refractivity contribution in [3.63, 3.8) is 0 Å². The highest BCUT2D eigenvalue weighted by Gasteiger charge is 2.56. The van der Waals surface area contributed by atoms with E-state index in [0.717, 1.165) is 19.3 Å². The van der Waals surface area contributed by atoms with Crippen LogP contribution in [0, 0.1) is 6.92 Å². The molecule has 1 aromatic rings. The molecule has 2 aliphatic rings. The van der Waals surface area contributed by atoms with E-state index >= 15 is 0 Å². The lowest BCUT2D eigenvalue weighted by atomic mass is 9.70. The van der Waals surface area contributed by atoms with Crippen LogP contribution in [0.5, 0.6) is 17.2 Å². The number of unbranched alkanes of at least 4 members (excludes halogenated alkanes) is 2. The summed E-state index contributed by atoms with van der Waals surface area (Å²) in [5.74, 6) is -2.24. The second kappa shape index (κ2) is 7.63. The fourth-order valence-corrected chi connectivity index (χ4v) is 4.10. The second-order valence-corrected chi connectivity index (χ2v) is 8.02. The Balaban J connectivity index is 2.18. The van der Waals surface area contributed by atoms with E-state index in [1.165, 1.54) is 19.9 Å². The molecule has 1 unspecified atom stereocenters. The number of phenols is 2. The SMILES string of the molecule is CCCCCN/C(C)=C1\C(=O)C=C2Oc3c(C(C)=O)c(O)c(C)c(O)c3C2(C)C1=O. The minimum absolute atomic E-state index is 0.00343. The molecule has 1 heterocycles. The molecule has 0 aromatic heterocycles. The molecule has 0 amide bonds. The van der Waals surface area contributed by atoms with Crippen molar-refractivity contribution >= 4 is 17.3 Å². The fraction of sp³-hybridized carbons (Fsp3) is 0.435. The summed E-state index contributed by atoms with van der Waals surface area (Å²) in [4.78, 5) is 38.5. The number of fused-ring (bicyclic) bond motifs is 3. The molecular formula is C23H27NO6. The first-order valence-corrected chi connectivity index (χ1v) is 10.1. The van der Waals surface area contributed by atoms with Crippen LogP contribution in [0.25, 0.3) is 0 Å². The molecule has 0 bridgehead atoms. The van der Waals surface area contributed by atoms with E-state index < -0.39 is 28.5 Å². The van der Waals surface area contributed by atoms with Crippen molar-refractivity contribution in [2.24, 2.45) is 0 Å². The molecule has 0 radical (unpaired) electrons. The lowest BCUT2D eigenvalue weighted by molar-refractivity contribution is -0.123. The van der Waals surface area contributed by atoms with Crippen LogP contribution in [0.3, 0.4) is 0 Å². The molecule has 0 saturated heterocycles. The number of phenolic OH excluding ortho intramolecular Hbond substituents is 2.